The van der Waals surface area contributed by atoms with Gasteiger partial charge in [0.05, 0.1) is 0 Å². The summed E-state index contributed by atoms with van der Waals surface area (Å²) in [6.45, 7) is 3.63. The topological polar surface area (TPSA) is 49.6 Å². The van der Waals surface area contributed by atoms with Crippen molar-refractivity contribution < 1.29 is 4.79 Å². The van der Waals surface area contributed by atoms with Gasteiger partial charge in [0.15, 0.2) is 0 Å². The first-order valence-electron chi connectivity index (χ1n) is 5.76. The molecule has 1 atom stereocenters. The minimum atomic E-state index is 0.172. The van der Waals surface area contributed by atoms with Crippen molar-refractivity contribution in [3.05, 3.63) is 0 Å². The first-order valence-corrected chi connectivity index (χ1v) is 5.76. The van der Waals surface area contributed by atoms with Crippen LogP contribution in [0.1, 0.15) is 19.3 Å². The fourth-order valence-electron chi connectivity index (χ4n) is 2.23. The minimum Gasteiger partial charge on any atom is -0.345 e. The van der Waals surface area contributed by atoms with E-state index >= 15 is 0 Å². The molecule has 0 aromatic carbocycles. The van der Waals surface area contributed by atoms with Gasteiger partial charge in [-0.15, -0.1) is 0 Å². The third-order valence-corrected chi connectivity index (χ3v) is 3.04. The predicted octanol–water partition coefficient (Wildman–Crippen LogP) is 0.135. The maximum Gasteiger partial charge on any atom is 0.223 e. The predicted molar refractivity (Wildman–Crippen MR) is 61.5 cm³/mol. The summed E-state index contributed by atoms with van der Waals surface area (Å²) in [6.07, 6.45) is 2.96. The van der Waals surface area contributed by atoms with Gasteiger partial charge in [-0.05, 0) is 32.4 Å². The molecule has 1 unspecified atom stereocenters. The molecule has 1 aliphatic rings. The summed E-state index contributed by atoms with van der Waals surface area (Å²) in [7, 11) is 4.03. The number of piperidine rings is 1. The Balaban J connectivity index is 2.30. The van der Waals surface area contributed by atoms with Crippen molar-refractivity contribution in [1.29, 1.82) is 0 Å². The SMILES string of the molecule is CN1CCCC(CN(C)C(=O)CCN)C1. The molecule has 1 rings (SSSR count). The molecule has 1 saturated heterocycles. The van der Waals surface area contributed by atoms with Crippen molar-refractivity contribution in [1.82, 2.24) is 9.80 Å². The van der Waals surface area contributed by atoms with E-state index in [9.17, 15) is 4.79 Å². The van der Waals surface area contributed by atoms with Crippen molar-refractivity contribution in [2.45, 2.75) is 19.3 Å². The molecule has 0 aromatic rings. The lowest BCUT2D eigenvalue weighted by Crippen LogP contribution is -2.40. The zero-order chi connectivity index (χ0) is 11.3. The Hall–Kier alpha value is -0.610. The second-order valence-corrected chi connectivity index (χ2v) is 4.58. The molecule has 1 amide bonds. The lowest BCUT2D eigenvalue weighted by molar-refractivity contribution is -0.130. The van der Waals surface area contributed by atoms with E-state index in [-0.39, 0.29) is 5.91 Å². The summed E-state index contributed by atoms with van der Waals surface area (Å²) in [6, 6.07) is 0. The summed E-state index contributed by atoms with van der Waals surface area (Å²) in [5, 5.41) is 0. The normalized spacial score (nSPS) is 22.7. The molecule has 88 valence electrons. The van der Waals surface area contributed by atoms with Crippen LogP contribution in [0.15, 0.2) is 0 Å². The van der Waals surface area contributed by atoms with Gasteiger partial charge in [0.25, 0.3) is 0 Å². The largest absolute Gasteiger partial charge is 0.345 e. The van der Waals surface area contributed by atoms with Crippen LogP contribution in [0.4, 0.5) is 0 Å². The molecule has 0 aromatic heterocycles. The third kappa shape index (κ3) is 4.18. The number of amides is 1. The number of nitrogens with zero attached hydrogens (tertiary/aromatic N) is 2. The third-order valence-electron chi connectivity index (χ3n) is 3.04. The second-order valence-electron chi connectivity index (χ2n) is 4.58. The van der Waals surface area contributed by atoms with Crippen LogP contribution in [0.5, 0.6) is 0 Å². The first kappa shape index (κ1) is 12.5. The summed E-state index contributed by atoms with van der Waals surface area (Å²) in [5.74, 6) is 0.807. The Morgan fingerprint density at radius 2 is 2.33 bits per heavy atom. The lowest BCUT2D eigenvalue weighted by atomic mass is 9.98. The molecule has 4 heteroatoms. The fourth-order valence-corrected chi connectivity index (χ4v) is 2.23. The molecule has 2 N–H and O–H groups in total. The number of likely N-dealkylation sites (tertiary alicyclic amines) is 1. The first-order chi connectivity index (χ1) is 7.13. The monoisotopic (exact) mass is 213 g/mol. The quantitative estimate of drug-likeness (QED) is 0.722. The van der Waals surface area contributed by atoms with Gasteiger partial charge in [-0.3, -0.25) is 4.79 Å². The van der Waals surface area contributed by atoms with E-state index in [0.29, 0.717) is 18.9 Å². The van der Waals surface area contributed by atoms with E-state index < -0.39 is 0 Å². The zero-order valence-corrected chi connectivity index (χ0v) is 9.91. The Kier molecular flexibility index (Phi) is 5.05. The highest BCUT2D eigenvalue weighted by Gasteiger charge is 2.20. The molecule has 15 heavy (non-hydrogen) atoms. The van der Waals surface area contributed by atoms with E-state index in [1.54, 1.807) is 0 Å². The Bertz CT molecular complexity index is 208. The lowest BCUT2D eigenvalue weighted by Gasteiger charge is -2.32. The number of hydrogen-bond donors (Lipinski definition) is 1. The number of carbonyl (C=O) groups excluding carboxylic acids is 1. The summed E-state index contributed by atoms with van der Waals surface area (Å²) >= 11 is 0. The molecule has 0 spiro atoms. The van der Waals surface area contributed by atoms with Crippen molar-refractivity contribution in [2.75, 3.05) is 40.3 Å². The van der Waals surface area contributed by atoms with Crippen LogP contribution in [0.2, 0.25) is 0 Å². The second kappa shape index (κ2) is 6.08. The van der Waals surface area contributed by atoms with Gasteiger partial charge >= 0.3 is 0 Å². The van der Waals surface area contributed by atoms with E-state index in [1.807, 2.05) is 11.9 Å². The van der Waals surface area contributed by atoms with Crippen LogP contribution >= 0.6 is 0 Å². The molecule has 0 bridgehead atoms. The smallest absolute Gasteiger partial charge is 0.223 e. The number of nitrogens with two attached hydrogens (primary N) is 1. The molecule has 0 aliphatic carbocycles. The van der Waals surface area contributed by atoms with E-state index in [0.717, 1.165) is 13.1 Å². The maximum atomic E-state index is 11.5. The molecular formula is C11H23N3O. The van der Waals surface area contributed by atoms with Gasteiger partial charge < -0.3 is 15.5 Å². The van der Waals surface area contributed by atoms with Crippen LogP contribution in [0.3, 0.4) is 0 Å². The molecule has 1 fully saturated rings. The molecular weight excluding hydrogens is 190 g/mol. The van der Waals surface area contributed by atoms with Gasteiger partial charge in [0, 0.05) is 33.1 Å². The Labute approximate surface area is 92.4 Å². The van der Waals surface area contributed by atoms with E-state index in [2.05, 4.69) is 11.9 Å². The standard InChI is InChI=1S/C11H23N3O/c1-13-7-3-4-10(8-13)9-14(2)11(15)5-6-12/h10H,3-9,12H2,1-2H3. The van der Waals surface area contributed by atoms with Gasteiger partial charge in [0.1, 0.15) is 0 Å². The highest BCUT2D eigenvalue weighted by molar-refractivity contribution is 5.76. The van der Waals surface area contributed by atoms with Crippen LogP contribution in [0, 0.1) is 5.92 Å². The van der Waals surface area contributed by atoms with Gasteiger partial charge in [-0.25, -0.2) is 0 Å². The van der Waals surface area contributed by atoms with Crippen LogP contribution in [-0.4, -0.2) is 56.0 Å². The molecule has 1 aliphatic heterocycles. The molecule has 0 saturated carbocycles. The van der Waals surface area contributed by atoms with Crippen molar-refractivity contribution >= 4 is 5.91 Å². The fraction of sp³-hybridized carbons (Fsp3) is 0.909. The van der Waals surface area contributed by atoms with Crippen molar-refractivity contribution in [2.24, 2.45) is 11.7 Å². The summed E-state index contributed by atoms with van der Waals surface area (Å²) in [4.78, 5) is 15.7. The maximum absolute atomic E-state index is 11.5. The van der Waals surface area contributed by atoms with E-state index in [1.165, 1.54) is 19.4 Å². The highest BCUT2D eigenvalue weighted by atomic mass is 16.2. The van der Waals surface area contributed by atoms with Crippen molar-refractivity contribution in [3.8, 4) is 0 Å². The Morgan fingerprint density at radius 3 is 2.93 bits per heavy atom. The zero-order valence-electron chi connectivity index (χ0n) is 9.91. The Morgan fingerprint density at radius 1 is 1.60 bits per heavy atom. The molecule has 4 nitrogen and oxygen atoms in total. The highest BCUT2D eigenvalue weighted by Crippen LogP contribution is 2.15. The number of rotatable bonds is 4. The van der Waals surface area contributed by atoms with E-state index in [4.69, 9.17) is 5.73 Å². The summed E-state index contributed by atoms with van der Waals surface area (Å²) < 4.78 is 0. The van der Waals surface area contributed by atoms with Gasteiger partial charge in [-0.2, -0.15) is 0 Å². The number of carbonyl (C=O) groups is 1. The average molecular weight is 213 g/mol. The minimum absolute atomic E-state index is 0.172. The van der Waals surface area contributed by atoms with Crippen LogP contribution < -0.4 is 5.73 Å². The van der Waals surface area contributed by atoms with Crippen molar-refractivity contribution in [3.63, 3.8) is 0 Å². The van der Waals surface area contributed by atoms with Crippen LogP contribution in [-0.2, 0) is 4.79 Å². The van der Waals surface area contributed by atoms with Gasteiger partial charge in [-0.1, -0.05) is 0 Å². The molecule has 0 radical (unpaired) electrons. The summed E-state index contributed by atoms with van der Waals surface area (Å²) in [5.41, 5.74) is 5.37. The average Bonchev–Trinajstić information content (AvgIpc) is 2.18. The van der Waals surface area contributed by atoms with Crippen LogP contribution in [0.25, 0.3) is 0 Å². The van der Waals surface area contributed by atoms with Gasteiger partial charge in [0.2, 0.25) is 5.91 Å². The number of hydrogen-bond acceptors (Lipinski definition) is 3. The molecule has 1 heterocycles.